The summed E-state index contributed by atoms with van der Waals surface area (Å²) < 4.78 is 0. The number of phenolic OH excluding ortho intramolecular Hbond substituents is 1. The van der Waals surface area contributed by atoms with Crippen molar-refractivity contribution in [3.63, 3.8) is 0 Å². The number of aromatic hydroxyl groups is 1. The molecule has 1 aliphatic heterocycles. The highest BCUT2D eigenvalue weighted by Crippen LogP contribution is 2.30. The van der Waals surface area contributed by atoms with E-state index in [1.807, 2.05) is 18.2 Å². The molecule has 3 N–H and O–H groups in total. The second-order valence-electron chi connectivity index (χ2n) is 6.59. The van der Waals surface area contributed by atoms with Crippen molar-refractivity contribution in [2.24, 2.45) is 0 Å². The molecule has 3 aromatic rings. The van der Waals surface area contributed by atoms with Crippen LogP contribution in [0.1, 0.15) is 12.8 Å². The normalized spacial score (nSPS) is 14.9. The van der Waals surface area contributed by atoms with Gasteiger partial charge in [-0.2, -0.15) is 10.2 Å². The molecule has 5 heteroatoms. The van der Waals surface area contributed by atoms with E-state index in [0.29, 0.717) is 17.3 Å². The smallest absolute Gasteiger partial charge is 0.125 e. The maximum Gasteiger partial charge on any atom is 0.125 e. The van der Waals surface area contributed by atoms with Crippen molar-refractivity contribution in [2.45, 2.75) is 18.9 Å². The largest absolute Gasteiger partial charge is 0.507 e. The van der Waals surface area contributed by atoms with Gasteiger partial charge in [0.15, 0.2) is 0 Å². The molecule has 1 aromatic heterocycles. The van der Waals surface area contributed by atoms with Gasteiger partial charge in [-0.3, -0.25) is 0 Å². The van der Waals surface area contributed by atoms with E-state index >= 15 is 0 Å². The number of hydrogen-bond donors (Lipinski definition) is 3. The van der Waals surface area contributed by atoms with Crippen molar-refractivity contribution in [3.05, 3.63) is 60.8 Å². The summed E-state index contributed by atoms with van der Waals surface area (Å²) in [6, 6.07) is 18.1. The number of para-hydroxylation sites is 1. The summed E-state index contributed by atoms with van der Waals surface area (Å²) in [7, 11) is 0. The van der Waals surface area contributed by atoms with Crippen LogP contribution in [0, 0.1) is 0 Å². The summed E-state index contributed by atoms with van der Waals surface area (Å²) in [4.78, 5) is 0. The Hall–Kier alpha value is -2.92. The zero-order valence-electron chi connectivity index (χ0n) is 14.5. The van der Waals surface area contributed by atoms with E-state index in [9.17, 15) is 5.11 Å². The standard InChI is InChI=1S/C21H22N4O/c26-21-4-2-1-3-19(21)20-13-16(14-23-25-20)15-5-7-17(8-6-15)24-18-9-11-22-12-10-18/h1-8,13-14,18,22,24,26H,9-12H2. The molecule has 0 bridgehead atoms. The van der Waals surface area contributed by atoms with Crippen LogP contribution < -0.4 is 10.6 Å². The maximum atomic E-state index is 10.0. The highest BCUT2D eigenvalue weighted by molar-refractivity contribution is 5.73. The highest BCUT2D eigenvalue weighted by atomic mass is 16.3. The number of aromatic nitrogens is 2. The zero-order valence-corrected chi connectivity index (χ0v) is 14.5. The summed E-state index contributed by atoms with van der Waals surface area (Å²) in [5.74, 6) is 0.209. The molecule has 0 saturated carbocycles. The van der Waals surface area contributed by atoms with E-state index in [4.69, 9.17) is 0 Å². The Labute approximate surface area is 153 Å². The second-order valence-corrected chi connectivity index (χ2v) is 6.59. The van der Waals surface area contributed by atoms with E-state index in [-0.39, 0.29) is 5.75 Å². The van der Waals surface area contributed by atoms with Crippen molar-refractivity contribution in [3.8, 4) is 28.1 Å². The third-order valence-electron chi connectivity index (χ3n) is 4.76. The first-order valence-corrected chi connectivity index (χ1v) is 8.98. The van der Waals surface area contributed by atoms with Crippen LogP contribution in [0.15, 0.2) is 60.8 Å². The molecule has 0 radical (unpaired) electrons. The second kappa shape index (κ2) is 7.54. The Bertz CT molecular complexity index is 873. The molecule has 0 atom stereocenters. The first kappa shape index (κ1) is 16.5. The van der Waals surface area contributed by atoms with Gasteiger partial charge in [-0.05, 0) is 61.8 Å². The van der Waals surface area contributed by atoms with Crippen molar-refractivity contribution in [2.75, 3.05) is 18.4 Å². The van der Waals surface area contributed by atoms with E-state index in [2.05, 4.69) is 45.1 Å². The molecule has 26 heavy (non-hydrogen) atoms. The number of nitrogens with one attached hydrogen (secondary N) is 2. The summed E-state index contributed by atoms with van der Waals surface area (Å²) in [6.45, 7) is 2.15. The average molecular weight is 346 g/mol. The van der Waals surface area contributed by atoms with E-state index < -0.39 is 0 Å². The van der Waals surface area contributed by atoms with Gasteiger partial charge in [0.2, 0.25) is 0 Å². The highest BCUT2D eigenvalue weighted by Gasteiger charge is 2.12. The minimum absolute atomic E-state index is 0.209. The Morgan fingerprint density at radius 3 is 2.50 bits per heavy atom. The number of phenols is 1. The lowest BCUT2D eigenvalue weighted by atomic mass is 10.0. The molecule has 132 valence electrons. The fourth-order valence-corrected chi connectivity index (χ4v) is 3.31. The van der Waals surface area contributed by atoms with Crippen molar-refractivity contribution < 1.29 is 5.11 Å². The third-order valence-corrected chi connectivity index (χ3v) is 4.76. The minimum Gasteiger partial charge on any atom is -0.507 e. The summed E-state index contributed by atoms with van der Waals surface area (Å²) in [5, 5.41) is 25.3. The molecule has 1 aliphatic rings. The molecule has 2 aromatic carbocycles. The minimum atomic E-state index is 0.209. The van der Waals surface area contributed by atoms with Gasteiger partial charge in [0.25, 0.3) is 0 Å². The van der Waals surface area contributed by atoms with Crippen LogP contribution in [0.2, 0.25) is 0 Å². The van der Waals surface area contributed by atoms with Crippen LogP contribution >= 0.6 is 0 Å². The number of anilines is 1. The molecular weight excluding hydrogens is 324 g/mol. The molecule has 0 amide bonds. The van der Waals surface area contributed by atoms with Gasteiger partial charge >= 0.3 is 0 Å². The lowest BCUT2D eigenvalue weighted by Gasteiger charge is -2.24. The lowest BCUT2D eigenvalue weighted by Crippen LogP contribution is -2.35. The summed E-state index contributed by atoms with van der Waals surface area (Å²) in [5.41, 5.74) is 4.55. The topological polar surface area (TPSA) is 70.1 Å². The SMILES string of the molecule is Oc1ccccc1-c1cc(-c2ccc(NC3CCNCC3)cc2)cnn1. The van der Waals surface area contributed by atoms with Gasteiger partial charge in [-0.25, -0.2) is 0 Å². The van der Waals surface area contributed by atoms with Gasteiger partial charge in [0.1, 0.15) is 5.75 Å². The monoisotopic (exact) mass is 346 g/mol. The Kier molecular flexibility index (Phi) is 4.80. The molecule has 5 nitrogen and oxygen atoms in total. The Morgan fingerprint density at radius 1 is 0.962 bits per heavy atom. The number of piperidine rings is 1. The van der Waals surface area contributed by atoms with Crippen molar-refractivity contribution in [1.82, 2.24) is 15.5 Å². The molecule has 0 unspecified atom stereocenters. The number of nitrogens with zero attached hydrogens (tertiary/aromatic N) is 2. The van der Waals surface area contributed by atoms with Crippen LogP contribution in [-0.2, 0) is 0 Å². The molecule has 1 fully saturated rings. The number of rotatable bonds is 4. The van der Waals surface area contributed by atoms with Crippen molar-refractivity contribution in [1.29, 1.82) is 0 Å². The lowest BCUT2D eigenvalue weighted by molar-refractivity contribution is 0.477. The maximum absolute atomic E-state index is 10.0. The molecular formula is C21H22N4O. The Morgan fingerprint density at radius 2 is 1.73 bits per heavy atom. The molecule has 0 aliphatic carbocycles. The average Bonchev–Trinajstić information content (AvgIpc) is 2.70. The van der Waals surface area contributed by atoms with Crippen LogP contribution in [0.4, 0.5) is 5.69 Å². The summed E-state index contributed by atoms with van der Waals surface area (Å²) in [6.07, 6.45) is 4.05. The van der Waals surface area contributed by atoms with Crippen LogP contribution in [0.5, 0.6) is 5.75 Å². The third kappa shape index (κ3) is 3.68. The van der Waals surface area contributed by atoms with Crippen LogP contribution in [0.25, 0.3) is 22.4 Å². The predicted octanol–water partition coefficient (Wildman–Crippen LogP) is 3.68. The quantitative estimate of drug-likeness (QED) is 0.672. The van der Waals surface area contributed by atoms with Gasteiger partial charge in [-0.15, -0.1) is 0 Å². The molecule has 0 spiro atoms. The Balaban J connectivity index is 1.54. The van der Waals surface area contributed by atoms with Crippen LogP contribution in [0.3, 0.4) is 0 Å². The molecule has 4 rings (SSSR count). The predicted molar refractivity (Wildman–Crippen MR) is 104 cm³/mol. The van der Waals surface area contributed by atoms with E-state index in [0.717, 1.165) is 42.7 Å². The number of hydrogen-bond acceptors (Lipinski definition) is 5. The molecule has 1 saturated heterocycles. The molecule has 2 heterocycles. The van der Waals surface area contributed by atoms with Crippen molar-refractivity contribution >= 4 is 5.69 Å². The van der Waals surface area contributed by atoms with Gasteiger partial charge < -0.3 is 15.7 Å². The summed E-state index contributed by atoms with van der Waals surface area (Å²) >= 11 is 0. The number of benzene rings is 2. The fourth-order valence-electron chi connectivity index (χ4n) is 3.31. The first-order valence-electron chi connectivity index (χ1n) is 8.98. The zero-order chi connectivity index (χ0) is 17.8. The fraction of sp³-hybridized carbons (Fsp3) is 0.238. The first-order chi connectivity index (χ1) is 12.8. The van der Waals surface area contributed by atoms with E-state index in [1.165, 1.54) is 0 Å². The van der Waals surface area contributed by atoms with E-state index in [1.54, 1.807) is 18.3 Å². The van der Waals surface area contributed by atoms with Gasteiger partial charge in [0.05, 0.1) is 11.9 Å². The van der Waals surface area contributed by atoms with Gasteiger partial charge in [0, 0.05) is 22.9 Å². The van der Waals surface area contributed by atoms with Crippen LogP contribution in [-0.4, -0.2) is 34.4 Å². The van der Waals surface area contributed by atoms with Gasteiger partial charge in [-0.1, -0.05) is 24.3 Å².